The van der Waals surface area contributed by atoms with Crippen LogP contribution < -0.4 is 5.73 Å². The normalized spacial score (nSPS) is 14.2. The number of benzene rings is 2. The van der Waals surface area contributed by atoms with E-state index in [0.717, 1.165) is 29.4 Å². The smallest absolute Gasteiger partial charge is 0.201 e. The molecule has 0 spiro atoms. The van der Waals surface area contributed by atoms with E-state index in [0.29, 0.717) is 12.5 Å². The van der Waals surface area contributed by atoms with E-state index < -0.39 is 0 Å². The molecule has 0 fully saturated rings. The molecule has 22 heavy (non-hydrogen) atoms. The summed E-state index contributed by atoms with van der Waals surface area (Å²) >= 11 is 0. The van der Waals surface area contributed by atoms with E-state index in [1.807, 2.05) is 10.6 Å². The van der Waals surface area contributed by atoms with Crippen LogP contribution in [0.25, 0.3) is 11.0 Å². The number of aryl methyl sites for hydroxylation is 2. The predicted octanol–water partition coefficient (Wildman–Crippen LogP) is 3.68. The second-order valence-electron chi connectivity index (χ2n) is 6.00. The van der Waals surface area contributed by atoms with Gasteiger partial charge in [-0.05, 0) is 66.6 Å². The second-order valence-corrected chi connectivity index (χ2v) is 6.00. The highest BCUT2D eigenvalue weighted by Crippen LogP contribution is 2.28. The average Bonchev–Trinajstić information content (AvgIpc) is 2.80. The van der Waals surface area contributed by atoms with Crippen LogP contribution in [0.1, 0.15) is 29.5 Å². The number of imidazole rings is 1. The standard InChI is InChI=1S/C18H18FN3/c19-15-7-3-4-12(8-15)11-22-17-10-14-6-2-1-5-13(14)9-16(17)21-18(22)20/h3-4,7-10H,1-2,5-6,11H2,(H2,20,21). The van der Waals surface area contributed by atoms with Crippen LogP contribution in [0.5, 0.6) is 0 Å². The maximum Gasteiger partial charge on any atom is 0.201 e. The van der Waals surface area contributed by atoms with Crippen molar-refractivity contribution in [3.05, 3.63) is 58.9 Å². The van der Waals surface area contributed by atoms with E-state index in [4.69, 9.17) is 5.73 Å². The number of rotatable bonds is 2. The van der Waals surface area contributed by atoms with E-state index in [2.05, 4.69) is 17.1 Å². The van der Waals surface area contributed by atoms with Gasteiger partial charge in [-0.25, -0.2) is 9.37 Å². The summed E-state index contributed by atoms with van der Waals surface area (Å²) in [6, 6.07) is 11.0. The second kappa shape index (κ2) is 5.13. The van der Waals surface area contributed by atoms with Gasteiger partial charge in [-0.3, -0.25) is 0 Å². The zero-order valence-corrected chi connectivity index (χ0v) is 12.3. The molecular formula is C18H18FN3. The predicted molar refractivity (Wildman–Crippen MR) is 86.3 cm³/mol. The highest BCUT2D eigenvalue weighted by molar-refractivity contribution is 5.80. The van der Waals surface area contributed by atoms with Crippen molar-refractivity contribution in [1.29, 1.82) is 0 Å². The molecule has 0 saturated heterocycles. The third kappa shape index (κ3) is 2.25. The summed E-state index contributed by atoms with van der Waals surface area (Å²) in [4.78, 5) is 4.49. The Kier molecular flexibility index (Phi) is 3.10. The van der Waals surface area contributed by atoms with Crippen LogP contribution in [-0.2, 0) is 19.4 Å². The van der Waals surface area contributed by atoms with Crippen LogP contribution in [-0.4, -0.2) is 9.55 Å². The Morgan fingerprint density at radius 3 is 2.64 bits per heavy atom. The minimum absolute atomic E-state index is 0.224. The molecule has 1 heterocycles. The van der Waals surface area contributed by atoms with Gasteiger partial charge in [0.15, 0.2) is 0 Å². The number of hydrogen-bond acceptors (Lipinski definition) is 2. The van der Waals surface area contributed by atoms with E-state index in [-0.39, 0.29) is 5.82 Å². The first kappa shape index (κ1) is 13.3. The molecule has 0 saturated carbocycles. The minimum atomic E-state index is -0.224. The quantitative estimate of drug-likeness (QED) is 0.783. The van der Waals surface area contributed by atoms with Gasteiger partial charge in [-0.2, -0.15) is 0 Å². The summed E-state index contributed by atoms with van der Waals surface area (Å²) in [5.74, 6) is 0.263. The molecule has 3 aromatic rings. The van der Waals surface area contributed by atoms with Crippen LogP contribution >= 0.6 is 0 Å². The fraction of sp³-hybridized carbons (Fsp3) is 0.278. The monoisotopic (exact) mass is 295 g/mol. The third-order valence-electron chi connectivity index (χ3n) is 4.47. The van der Waals surface area contributed by atoms with Gasteiger partial charge in [0.1, 0.15) is 5.82 Å². The van der Waals surface area contributed by atoms with Gasteiger partial charge in [0, 0.05) is 0 Å². The summed E-state index contributed by atoms with van der Waals surface area (Å²) < 4.78 is 15.4. The van der Waals surface area contributed by atoms with E-state index >= 15 is 0 Å². The van der Waals surface area contributed by atoms with Gasteiger partial charge in [-0.1, -0.05) is 12.1 Å². The molecule has 2 N–H and O–H groups in total. The number of hydrogen-bond donors (Lipinski definition) is 1. The van der Waals surface area contributed by atoms with Crippen LogP contribution in [0.4, 0.5) is 10.3 Å². The lowest BCUT2D eigenvalue weighted by molar-refractivity contribution is 0.624. The zero-order chi connectivity index (χ0) is 15.1. The molecule has 0 bridgehead atoms. The zero-order valence-electron chi connectivity index (χ0n) is 12.3. The van der Waals surface area contributed by atoms with Crippen molar-refractivity contribution in [3.8, 4) is 0 Å². The van der Waals surface area contributed by atoms with Gasteiger partial charge in [0.25, 0.3) is 0 Å². The number of anilines is 1. The Labute approximate surface area is 128 Å². The summed E-state index contributed by atoms with van der Waals surface area (Å²) in [6.07, 6.45) is 4.74. The molecule has 1 aliphatic rings. The molecule has 3 nitrogen and oxygen atoms in total. The van der Waals surface area contributed by atoms with E-state index in [9.17, 15) is 4.39 Å². The fourth-order valence-corrected chi connectivity index (χ4v) is 3.36. The number of nitrogen functional groups attached to an aromatic ring is 1. The Bertz CT molecular complexity index is 851. The van der Waals surface area contributed by atoms with Gasteiger partial charge >= 0.3 is 0 Å². The Hall–Kier alpha value is -2.36. The Balaban J connectivity index is 1.81. The molecule has 1 aromatic heterocycles. The lowest BCUT2D eigenvalue weighted by Gasteiger charge is -2.16. The van der Waals surface area contributed by atoms with Gasteiger partial charge in [-0.15, -0.1) is 0 Å². The van der Waals surface area contributed by atoms with Crippen molar-refractivity contribution < 1.29 is 4.39 Å². The highest BCUT2D eigenvalue weighted by Gasteiger charge is 2.15. The minimum Gasteiger partial charge on any atom is -0.369 e. The van der Waals surface area contributed by atoms with Crippen LogP contribution in [0.2, 0.25) is 0 Å². The molecule has 112 valence electrons. The molecule has 0 atom stereocenters. The van der Waals surface area contributed by atoms with Crippen LogP contribution in [0, 0.1) is 5.82 Å². The number of nitrogens with two attached hydrogens (primary N) is 1. The molecule has 1 aliphatic carbocycles. The van der Waals surface area contributed by atoms with Crippen molar-refractivity contribution >= 4 is 17.0 Å². The lowest BCUT2D eigenvalue weighted by Crippen LogP contribution is -2.06. The number of fused-ring (bicyclic) bond motifs is 2. The molecule has 2 aromatic carbocycles. The topological polar surface area (TPSA) is 43.8 Å². The number of aromatic nitrogens is 2. The Morgan fingerprint density at radius 1 is 1.09 bits per heavy atom. The van der Waals surface area contributed by atoms with Crippen molar-refractivity contribution in [2.75, 3.05) is 5.73 Å². The molecule has 4 rings (SSSR count). The fourth-order valence-electron chi connectivity index (χ4n) is 3.36. The molecule has 4 heteroatoms. The maximum absolute atomic E-state index is 13.4. The molecule has 0 aliphatic heterocycles. The van der Waals surface area contributed by atoms with Crippen molar-refractivity contribution in [2.45, 2.75) is 32.2 Å². The largest absolute Gasteiger partial charge is 0.369 e. The number of nitrogens with zero attached hydrogens (tertiary/aromatic N) is 2. The third-order valence-corrected chi connectivity index (χ3v) is 4.47. The average molecular weight is 295 g/mol. The van der Waals surface area contributed by atoms with Gasteiger partial charge in [0.05, 0.1) is 17.6 Å². The molecular weight excluding hydrogens is 277 g/mol. The van der Waals surface area contributed by atoms with Crippen molar-refractivity contribution in [1.82, 2.24) is 9.55 Å². The summed E-state index contributed by atoms with van der Waals surface area (Å²) in [5, 5.41) is 0. The summed E-state index contributed by atoms with van der Waals surface area (Å²) in [5.41, 5.74) is 11.8. The number of halogens is 1. The summed E-state index contributed by atoms with van der Waals surface area (Å²) in [7, 11) is 0. The lowest BCUT2D eigenvalue weighted by atomic mass is 9.91. The van der Waals surface area contributed by atoms with Gasteiger partial charge in [0.2, 0.25) is 5.95 Å². The van der Waals surface area contributed by atoms with E-state index in [1.165, 1.54) is 30.0 Å². The van der Waals surface area contributed by atoms with Crippen molar-refractivity contribution in [3.63, 3.8) is 0 Å². The van der Waals surface area contributed by atoms with Gasteiger partial charge < -0.3 is 10.3 Å². The SMILES string of the molecule is Nc1nc2cc3c(cc2n1Cc1cccc(F)c1)CCCC3. The van der Waals surface area contributed by atoms with Crippen molar-refractivity contribution in [2.24, 2.45) is 0 Å². The first-order valence-electron chi connectivity index (χ1n) is 7.73. The van der Waals surface area contributed by atoms with Crippen LogP contribution in [0.15, 0.2) is 36.4 Å². The van der Waals surface area contributed by atoms with E-state index in [1.54, 1.807) is 12.1 Å². The van der Waals surface area contributed by atoms with Crippen LogP contribution in [0.3, 0.4) is 0 Å². The molecule has 0 radical (unpaired) electrons. The Morgan fingerprint density at radius 2 is 1.86 bits per heavy atom. The highest BCUT2D eigenvalue weighted by atomic mass is 19.1. The first-order chi connectivity index (χ1) is 10.7. The maximum atomic E-state index is 13.4. The first-order valence-corrected chi connectivity index (χ1v) is 7.73. The summed E-state index contributed by atoms with van der Waals surface area (Å²) in [6.45, 7) is 0.541. The molecule has 0 unspecified atom stereocenters. The molecule has 0 amide bonds.